The first-order valence-corrected chi connectivity index (χ1v) is 19.1. The second-order valence-corrected chi connectivity index (χ2v) is 18.3. The molecule has 1 N–H and O–H groups in total. The summed E-state index contributed by atoms with van der Waals surface area (Å²) < 4.78 is 0. The zero-order chi connectivity index (χ0) is 30.8. The molecule has 0 aliphatic heterocycles. The minimum atomic E-state index is -1.43. The van der Waals surface area contributed by atoms with Crippen molar-refractivity contribution in [3.8, 4) is 11.3 Å². The standard InChI is InChI=1S/C24H23N2Si.C13H24O2.Ir/c1-24(2)20-12-15-6-8-25-14-17(15)11-19(20)23-22-16(7-9-26-23)10-18(13-21(22)24)27(3,4)5;1-5-10(6-2)12(14)9-13(15)11(7-3)8-4;/h6-10,12-14H,1-5H3;9-11,14H,5-8H2,1-4H3;/q-1;;/b;12-9-;. The van der Waals surface area contributed by atoms with Crippen molar-refractivity contribution in [2.45, 2.75) is 92.3 Å². The maximum Gasteiger partial charge on any atom is 0.162 e. The van der Waals surface area contributed by atoms with Gasteiger partial charge in [-0.2, -0.15) is 0 Å². The molecule has 231 valence electrons. The quantitative estimate of drug-likeness (QED) is 0.0840. The molecular weight excluding hydrogens is 725 g/mol. The Bertz CT molecular complexity index is 1630. The van der Waals surface area contributed by atoms with Gasteiger partial charge in [0.2, 0.25) is 0 Å². The molecule has 1 aliphatic rings. The number of hydrogen-bond donors (Lipinski definition) is 1. The Morgan fingerprint density at radius 3 is 2.16 bits per heavy atom. The number of aromatic nitrogens is 2. The van der Waals surface area contributed by atoms with Crippen LogP contribution >= 0.6 is 0 Å². The first-order chi connectivity index (χ1) is 19.9. The predicted octanol–water partition coefficient (Wildman–Crippen LogP) is 9.30. The van der Waals surface area contributed by atoms with E-state index < -0.39 is 8.07 Å². The number of carbonyl (C=O) groups is 1. The van der Waals surface area contributed by atoms with Crippen molar-refractivity contribution >= 4 is 40.6 Å². The smallest absolute Gasteiger partial charge is 0.162 e. The molecular formula is C37H47IrN2O2Si-. The molecule has 1 radical (unpaired) electrons. The van der Waals surface area contributed by atoms with Gasteiger partial charge in [-0.15, -0.1) is 12.1 Å². The second kappa shape index (κ2) is 14.0. The monoisotopic (exact) mass is 772 g/mol. The number of aliphatic hydroxyl groups excluding tert-OH is 1. The van der Waals surface area contributed by atoms with Crippen LogP contribution in [0.15, 0.2) is 60.8 Å². The molecule has 0 bridgehead atoms. The number of pyridine rings is 2. The Kier molecular flexibility index (Phi) is 11.3. The summed E-state index contributed by atoms with van der Waals surface area (Å²) >= 11 is 0. The van der Waals surface area contributed by atoms with Gasteiger partial charge in [0.05, 0.1) is 13.8 Å². The van der Waals surface area contributed by atoms with Gasteiger partial charge >= 0.3 is 0 Å². The fourth-order valence-electron chi connectivity index (χ4n) is 6.10. The van der Waals surface area contributed by atoms with Gasteiger partial charge in [-0.1, -0.05) is 106 Å². The van der Waals surface area contributed by atoms with Crippen LogP contribution in [0.5, 0.6) is 0 Å². The van der Waals surface area contributed by atoms with E-state index in [1.807, 2.05) is 46.3 Å². The number of rotatable bonds is 8. The average Bonchev–Trinajstić information content (AvgIpc) is 2.96. The Morgan fingerprint density at radius 1 is 0.930 bits per heavy atom. The van der Waals surface area contributed by atoms with Gasteiger partial charge in [-0.05, 0) is 59.7 Å². The van der Waals surface area contributed by atoms with Crippen molar-refractivity contribution in [1.82, 2.24) is 9.97 Å². The van der Waals surface area contributed by atoms with Gasteiger partial charge in [-0.3, -0.25) is 9.78 Å². The van der Waals surface area contributed by atoms with Crippen molar-refractivity contribution in [3.05, 3.63) is 78.0 Å². The number of fused-ring (bicyclic) bond motifs is 3. The molecule has 4 aromatic rings. The minimum absolute atomic E-state index is 0. The van der Waals surface area contributed by atoms with Crippen LogP contribution in [0.3, 0.4) is 0 Å². The topological polar surface area (TPSA) is 63.1 Å². The number of nitrogens with zero attached hydrogens (tertiary/aromatic N) is 2. The van der Waals surface area contributed by atoms with Crippen LogP contribution in [0, 0.1) is 17.9 Å². The van der Waals surface area contributed by atoms with Gasteiger partial charge in [0.1, 0.15) is 0 Å². The SMILES string of the molecule is CC1(C)c2cc3ccncc3[c-]c2-c2nccc3cc([Si](C)(C)C)cc1c23.CCC(CC)C(=O)/C=C(\O)C(CC)CC.[Ir]. The summed E-state index contributed by atoms with van der Waals surface area (Å²) in [5.74, 6) is 0.547. The third kappa shape index (κ3) is 7.03. The van der Waals surface area contributed by atoms with E-state index in [-0.39, 0.29) is 48.9 Å². The molecule has 0 atom stereocenters. The first-order valence-electron chi connectivity index (χ1n) is 15.6. The van der Waals surface area contributed by atoms with Crippen LogP contribution in [0.2, 0.25) is 19.6 Å². The molecule has 43 heavy (non-hydrogen) atoms. The molecule has 2 heterocycles. The molecule has 0 amide bonds. The fraction of sp³-hybridized carbons (Fsp3) is 0.432. The van der Waals surface area contributed by atoms with E-state index in [9.17, 15) is 9.90 Å². The van der Waals surface area contributed by atoms with Gasteiger partial charge in [0.25, 0.3) is 0 Å². The minimum Gasteiger partial charge on any atom is -0.512 e. The molecule has 1 aliphatic carbocycles. The Hall–Kier alpha value is -2.66. The van der Waals surface area contributed by atoms with E-state index in [0.29, 0.717) is 0 Å². The van der Waals surface area contributed by atoms with E-state index in [1.165, 1.54) is 38.5 Å². The first kappa shape index (κ1) is 34.8. The number of allylic oxidation sites excluding steroid dienone is 2. The average molecular weight is 772 g/mol. The third-order valence-electron chi connectivity index (χ3n) is 9.08. The summed E-state index contributed by atoms with van der Waals surface area (Å²) in [7, 11) is -1.43. The third-order valence-corrected chi connectivity index (χ3v) is 11.1. The van der Waals surface area contributed by atoms with Crippen LogP contribution in [0.25, 0.3) is 32.8 Å². The second-order valence-electron chi connectivity index (χ2n) is 13.2. The number of benzene rings is 2. The summed E-state index contributed by atoms with van der Waals surface area (Å²) in [6, 6.07) is 15.0. The van der Waals surface area contributed by atoms with Crippen molar-refractivity contribution in [3.63, 3.8) is 0 Å². The largest absolute Gasteiger partial charge is 0.512 e. The molecule has 6 heteroatoms. The summed E-state index contributed by atoms with van der Waals surface area (Å²) in [5.41, 5.74) is 4.80. The Balaban J connectivity index is 0.000000274. The van der Waals surface area contributed by atoms with Gasteiger partial charge in [0.15, 0.2) is 5.78 Å². The number of carbonyl (C=O) groups excluding carboxylic acids is 1. The molecule has 0 saturated heterocycles. The van der Waals surface area contributed by atoms with Crippen LogP contribution < -0.4 is 5.19 Å². The van der Waals surface area contributed by atoms with Crippen LogP contribution in [-0.4, -0.2) is 28.9 Å². The van der Waals surface area contributed by atoms with Crippen molar-refractivity contribution in [1.29, 1.82) is 0 Å². The maximum atomic E-state index is 11.7. The molecule has 0 spiro atoms. The number of ketones is 1. The normalized spacial score (nSPS) is 13.9. The molecule has 2 aromatic heterocycles. The van der Waals surface area contributed by atoms with Crippen molar-refractivity contribution < 1.29 is 30.0 Å². The number of hydrogen-bond acceptors (Lipinski definition) is 4. The molecule has 4 nitrogen and oxygen atoms in total. The summed E-state index contributed by atoms with van der Waals surface area (Å²) in [6.45, 7) is 20.0. The fourth-order valence-corrected chi connectivity index (χ4v) is 7.27. The predicted molar refractivity (Wildman–Crippen MR) is 180 cm³/mol. The van der Waals surface area contributed by atoms with E-state index in [4.69, 9.17) is 4.98 Å². The summed E-state index contributed by atoms with van der Waals surface area (Å²) in [6.07, 6.45) is 10.6. The maximum absolute atomic E-state index is 11.7. The molecule has 0 unspecified atom stereocenters. The van der Waals surface area contributed by atoms with Crippen molar-refractivity contribution in [2.75, 3.05) is 0 Å². The van der Waals surface area contributed by atoms with Gasteiger partial charge < -0.3 is 10.1 Å². The van der Waals surface area contributed by atoms with Crippen LogP contribution in [0.4, 0.5) is 0 Å². The van der Waals surface area contributed by atoms with Gasteiger partial charge in [-0.25, -0.2) is 0 Å². The van der Waals surface area contributed by atoms with Crippen LogP contribution in [-0.2, 0) is 30.3 Å². The molecule has 0 saturated carbocycles. The van der Waals surface area contributed by atoms with E-state index in [2.05, 4.69) is 74.9 Å². The van der Waals surface area contributed by atoms with Crippen molar-refractivity contribution in [2.24, 2.45) is 11.8 Å². The Morgan fingerprint density at radius 2 is 1.56 bits per heavy atom. The van der Waals surface area contributed by atoms with E-state index >= 15 is 0 Å². The van der Waals surface area contributed by atoms with E-state index in [1.54, 1.807) is 0 Å². The zero-order valence-corrected chi connectivity index (χ0v) is 30.7. The molecule has 0 fully saturated rings. The number of aliphatic hydroxyl groups is 1. The molecule has 2 aromatic carbocycles. The Labute approximate surface area is 272 Å². The zero-order valence-electron chi connectivity index (χ0n) is 27.3. The molecule has 5 rings (SSSR count). The summed E-state index contributed by atoms with van der Waals surface area (Å²) in [5, 5.41) is 16.1. The van der Waals surface area contributed by atoms with E-state index in [0.717, 1.165) is 42.3 Å². The summed E-state index contributed by atoms with van der Waals surface area (Å²) in [4.78, 5) is 20.8. The van der Waals surface area contributed by atoms with Crippen LogP contribution in [0.1, 0.15) is 78.4 Å². The van der Waals surface area contributed by atoms with Gasteiger partial charge in [0, 0.05) is 56.1 Å².